The van der Waals surface area contributed by atoms with Crippen molar-refractivity contribution in [2.75, 3.05) is 0 Å². The first-order valence-electron chi connectivity index (χ1n) is 10.8. The number of carbonyl (C=O) groups is 1. The Balaban J connectivity index is 2.08. The van der Waals surface area contributed by atoms with E-state index in [1.807, 2.05) is 0 Å². The predicted molar refractivity (Wildman–Crippen MR) is 91.6 cm³/mol. The Labute approximate surface area is 168 Å². The molecule has 10 heteroatoms. The van der Waals surface area contributed by atoms with Crippen LogP contribution >= 0.6 is 0 Å². The van der Waals surface area contributed by atoms with Crippen LogP contribution < -0.4 is 5.73 Å². The average molecular weight is 420 g/mol. The maximum Gasteiger partial charge on any atom is 0.416 e. The third-order valence-corrected chi connectivity index (χ3v) is 4.07. The zero-order valence-electron chi connectivity index (χ0n) is 20.5. The van der Waals surface area contributed by atoms with Crippen LogP contribution in [0.1, 0.15) is 32.4 Å². The molecule has 0 bridgehead atoms. The molecule has 1 aliphatic heterocycles. The summed E-state index contributed by atoms with van der Waals surface area (Å²) >= 11 is 0. The van der Waals surface area contributed by atoms with Crippen LogP contribution in [0.25, 0.3) is 0 Å². The van der Waals surface area contributed by atoms with Gasteiger partial charge in [0.25, 0.3) is 0 Å². The molecular formula is C18H14F3NO5S. The number of carbonyl (C=O) groups excluding carboxylic acids is 1. The van der Waals surface area contributed by atoms with Gasteiger partial charge >= 0.3 is 16.3 Å². The first-order chi connectivity index (χ1) is 15.9. The molecule has 0 amide bonds. The standard InChI is InChI=1S/C18H14F3NO5S/c19-18(20,21)13-8-6-12(7-9-13)15-14(23)16(17(22)26-15)27-28(24,25)10-11-4-2-1-3-5-11/h1-9,15H,10,22H2/t15-/m0/s1/i6D,7D,8D,9D,10D2,15D. The molecule has 0 fully saturated rings. The Morgan fingerprint density at radius 2 is 1.82 bits per heavy atom. The second-order valence-corrected chi connectivity index (χ2v) is 6.49. The van der Waals surface area contributed by atoms with E-state index in [9.17, 15) is 26.4 Å². The van der Waals surface area contributed by atoms with Gasteiger partial charge in [0, 0.05) is 5.56 Å². The van der Waals surface area contributed by atoms with Gasteiger partial charge in [0.2, 0.25) is 17.4 Å². The van der Waals surface area contributed by atoms with Crippen LogP contribution in [-0.2, 0) is 35.7 Å². The van der Waals surface area contributed by atoms with E-state index >= 15 is 0 Å². The van der Waals surface area contributed by atoms with Crippen molar-refractivity contribution in [3.05, 3.63) is 82.8 Å². The number of rotatable bonds is 5. The van der Waals surface area contributed by atoms with Crippen molar-refractivity contribution in [2.45, 2.75) is 18.0 Å². The van der Waals surface area contributed by atoms with Crippen LogP contribution in [0.5, 0.6) is 0 Å². The third-order valence-electron chi connectivity index (χ3n) is 3.19. The van der Waals surface area contributed by atoms with Gasteiger partial charge in [0.05, 0.1) is 15.2 Å². The number of Topliss-reactive ketones (excluding diaryl/α,β-unsaturated/α-hetero) is 1. The van der Waals surface area contributed by atoms with E-state index in [1.54, 1.807) is 0 Å². The average Bonchev–Trinajstić information content (AvgIpc) is 2.95. The topological polar surface area (TPSA) is 95.7 Å². The predicted octanol–water partition coefficient (Wildman–Crippen LogP) is 3.02. The lowest BCUT2D eigenvalue weighted by atomic mass is 10.0. The quantitative estimate of drug-likeness (QED) is 0.747. The fourth-order valence-electron chi connectivity index (χ4n) is 2.01. The number of ketones is 1. The molecule has 1 aliphatic rings. The van der Waals surface area contributed by atoms with E-state index in [2.05, 4.69) is 4.18 Å². The summed E-state index contributed by atoms with van der Waals surface area (Å²) in [5, 5.41) is 0. The maximum absolute atomic E-state index is 13.2. The molecule has 2 aromatic carbocycles. The molecule has 0 saturated carbocycles. The number of halogens is 3. The minimum atomic E-state index is -5.36. The van der Waals surface area contributed by atoms with Crippen LogP contribution in [0.2, 0.25) is 0 Å². The maximum atomic E-state index is 13.2. The largest absolute Gasteiger partial charge is 0.460 e. The van der Waals surface area contributed by atoms with Gasteiger partial charge in [-0.1, -0.05) is 42.4 Å². The second kappa shape index (κ2) is 7.19. The Morgan fingerprint density at radius 1 is 1.21 bits per heavy atom. The SMILES string of the molecule is [2H]c1c([2H])c([C@]2([2H])OC(N)=C(OS(=O)(=O)C([2H])([2H])c3ccccc3)C2=O)c([2H])c([2H])c1C(F)(F)F. The Kier molecular flexibility index (Phi) is 3.20. The number of benzene rings is 2. The molecule has 0 aliphatic carbocycles. The van der Waals surface area contributed by atoms with Crippen LogP contribution in [0.15, 0.2) is 66.1 Å². The van der Waals surface area contributed by atoms with Gasteiger partial charge < -0.3 is 14.7 Å². The van der Waals surface area contributed by atoms with Crippen molar-refractivity contribution in [3.63, 3.8) is 0 Å². The van der Waals surface area contributed by atoms with Crippen molar-refractivity contribution in [1.29, 1.82) is 0 Å². The van der Waals surface area contributed by atoms with Crippen molar-refractivity contribution in [3.8, 4) is 0 Å². The number of hydrogen-bond donors (Lipinski definition) is 1. The summed E-state index contributed by atoms with van der Waals surface area (Å²) in [5.41, 5.74) is -1.42. The van der Waals surface area contributed by atoms with Crippen LogP contribution in [0.3, 0.4) is 0 Å². The Hall–Kier alpha value is -3.01. The minimum absolute atomic E-state index is 0.398. The minimum Gasteiger partial charge on any atom is -0.460 e. The molecule has 1 atom stereocenters. The highest BCUT2D eigenvalue weighted by atomic mass is 32.2. The highest BCUT2D eigenvalue weighted by molar-refractivity contribution is 7.86. The summed E-state index contributed by atoms with van der Waals surface area (Å²) in [6, 6.07) is 0.147. The first kappa shape index (κ1) is 12.4. The lowest BCUT2D eigenvalue weighted by Crippen LogP contribution is -2.16. The van der Waals surface area contributed by atoms with Crippen molar-refractivity contribution < 1.29 is 44.9 Å². The fourth-order valence-corrected chi connectivity index (χ4v) is 2.85. The highest BCUT2D eigenvalue weighted by Gasteiger charge is 2.40. The molecule has 0 aromatic heterocycles. The Bertz CT molecular complexity index is 1340. The smallest absolute Gasteiger partial charge is 0.416 e. The van der Waals surface area contributed by atoms with E-state index in [0.717, 1.165) is 12.1 Å². The summed E-state index contributed by atoms with van der Waals surface area (Å²) < 4.78 is 129. The Morgan fingerprint density at radius 3 is 2.39 bits per heavy atom. The van der Waals surface area contributed by atoms with Gasteiger partial charge in [-0.15, -0.1) is 0 Å². The monoisotopic (exact) mass is 420 g/mol. The van der Waals surface area contributed by atoms with Crippen LogP contribution in [0.4, 0.5) is 13.2 Å². The molecule has 2 N–H and O–H groups in total. The molecule has 2 aromatic rings. The molecule has 0 radical (unpaired) electrons. The lowest BCUT2D eigenvalue weighted by molar-refractivity contribution is -0.137. The molecule has 28 heavy (non-hydrogen) atoms. The summed E-state index contributed by atoms with van der Waals surface area (Å²) in [5.74, 6) is -4.42. The number of ether oxygens (including phenoxy) is 1. The second-order valence-electron chi connectivity index (χ2n) is 5.21. The van der Waals surface area contributed by atoms with Crippen molar-refractivity contribution in [1.82, 2.24) is 0 Å². The molecule has 6 nitrogen and oxygen atoms in total. The normalized spacial score (nSPS) is 24.2. The summed E-state index contributed by atoms with van der Waals surface area (Å²) in [4.78, 5) is 12.9. The molecule has 0 unspecified atom stereocenters. The number of alkyl halides is 3. The molecule has 148 valence electrons. The van der Waals surface area contributed by atoms with Gasteiger partial charge in [0.1, 0.15) is 5.70 Å². The van der Waals surface area contributed by atoms with Gasteiger partial charge in [-0.05, 0) is 17.6 Å². The van der Waals surface area contributed by atoms with Gasteiger partial charge in [-0.25, -0.2) is 0 Å². The molecule has 0 saturated heterocycles. The van der Waals surface area contributed by atoms with E-state index in [-0.39, 0.29) is 0 Å². The van der Waals surface area contributed by atoms with E-state index in [4.69, 9.17) is 20.1 Å². The van der Waals surface area contributed by atoms with Crippen molar-refractivity contribution in [2.24, 2.45) is 5.73 Å². The summed E-state index contributed by atoms with van der Waals surface area (Å²) in [7, 11) is -5.36. The van der Waals surface area contributed by atoms with Crippen LogP contribution in [-0.4, -0.2) is 14.2 Å². The summed E-state index contributed by atoms with van der Waals surface area (Å²) in [6.45, 7) is 0. The third kappa shape index (κ3) is 4.28. The zero-order chi connectivity index (χ0) is 26.7. The van der Waals surface area contributed by atoms with Gasteiger partial charge in [-0.2, -0.15) is 21.6 Å². The van der Waals surface area contributed by atoms with Gasteiger partial charge in [0.15, 0.2) is 6.08 Å². The van der Waals surface area contributed by atoms with Crippen molar-refractivity contribution >= 4 is 15.9 Å². The number of hydrogen-bond acceptors (Lipinski definition) is 6. The zero-order valence-corrected chi connectivity index (χ0v) is 14.4. The van der Waals surface area contributed by atoms with Crippen LogP contribution in [0, 0.1) is 0 Å². The van der Waals surface area contributed by atoms with E-state index in [0.29, 0.717) is 0 Å². The summed E-state index contributed by atoms with van der Waals surface area (Å²) in [6.07, 6.45) is -8.67. The first-order valence-corrected chi connectivity index (χ1v) is 8.70. The fraction of sp³-hybridized carbons (Fsp3) is 0.167. The molecular weight excluding hydrogens is 399 g/mol. The van der Waals surface area contributed by atoms with Gasteiger partial charge in [-0.3, -0.25) is 4.79 Å². The molecule has 1 heterocycles. The molecule has 0 spiro atoms. The lowest BCUT2D eigenvalue weighted by Gasteiger charge is -2.12. The number of nitrogens with two attached hydrogens (primary N) is 1. The van der Waals surface area contributed by atoms with E-state index in [1.165, 1.54) is 18.2 Å². The highest BCUT2D eigenvalue weighted by Crippen LogP contribution is 2.35. The molecule has 3 rings (SSSR count). The van der Waals surface area contributed by atoms with E-state index < -0.39 is 86.4 Å².